The topological polar surface area (TPSA) is 75.1 Å². The van der Waals surface area contributed by atoms with Crippen LogP contribution in [0.15, 0.2) is 36.4 Å². The SMILES string of the molecule is CCc1ccccc1CNc1ccc(C(=O)O)nn1. The molecule has 2 aromatic rings. The molecule has 0 spiro atoms. The molecule has 98 valence electrons. The van der Waals surface area contributed by atoms with Crippen molar-refractivity contribution >= 4 is 11.8 Å². The maximum absolute atomic E-state index is 10.7. The van der Waals surface area contributed by atoms with Gasteiger partial charge in [0, 0.05) is 6.54 Å². The lowest BCUT2D eigenvalue weighted by molar-refractivity contribution is 0.0689. The van der Waals surface area contributed by atoms with Gasteiger partial charge in [0.25, 0.3) is 0 Å². The first-order chi connectivity index (χ1) is 9.20. The van der Waals surface area contributed by atoms with E-state index in [9.17, 15) is 4.79 Å². The van der Waals surface area contributed by atoms with E-state index in [0.29, 0.717) is 12.4 Å². The number of aromatic carboxylic acids is 1. The van der Waals surface area contributed by atoms with E-state index >= 15 is 0 Å². The highest BCUT2D eigenvalue weighted by molar-refractivity contribution is 5.85. The van der Waals surface area contributed by atoms with Crippen LogP contribution >= 0.6 is 0 Å². The number of nitrogens with one attached hydrogen (secondary N) is 1. The molecule has 0 bridgehead atoms. The summed E-state index contributed by atoms with van der Waals surface area (Å²) < 4.78 is 0. The van der Waals surface area contributed by atoms with Crippen LogP contribution in [0.1, 0.15) is 28.5 Å². The summed E-state index contributed by atoms with van der Waals surface area (Å²) in [7, 11) is 0. The van der Waals surface area contributed by atoms with Crippen LogP contribution in [0.5, 0.6) is 0 Å². The molecule has 0 aliphatic heterocycles. The van der Waals surface area contributed by atoms with E-state index in [-0.39, 0.29) is 5.69 Å². The number of benzene rings is 1. The van der Waals surface area contributed by atoms with Gasteiger partial charge in [-0.1, -0.05) is 31.2 Å². The van der Waals surface area contributed by atoms with Gasteiger partial charge in [0.2, 0.25) is 0 Å². The summed E-state index contributed by atoms with van der Waals surface area (Å²) in [4.78, 5) is 10.7. The van der Waals surface area contributed by atoms with Crippen molar-refractivity contribution < 1.29 is 9.90 Å². The molecular formula is C14H15N3O2. The minimum absolute atomic E-state index is 0.0560. The van der Waals surface area contributed by atoms with Crippen molar-refractivity contribution in [3.8, 4) is 0 Å². The molecule has 0 saturated heterocycles. The van der Waals surface area contributed by atoms with E-state index in [1.54, 1.807) is 6.07 Å². The molecule has 1 aromatic carbocycles. The second-order valence-electron chi connectivity index (χ2n) is 4.08. The van der Waals surface area contributed by atoms with Gasteiger partial charge < -0.3 is 10.4 Å². The summed E-state index contributed by atoms with van der Waals surface area (Å²) in [5.74, 6) is -0.508. The molecule has 0 atom stereocenters. The zero-order valence-electron chi connectivity index (χ0n) is 10.6. The summed E-state index contributed by atoms with van der Waals surface area (Å²) in [5, 5.41) is 19.3. The largest absolute Gasteiger partial charge is 0.476 e. The van der Waals surface area contributed by atoms with Crippen LogP contribution in [-0.2, 0) is 13.0 Å². The number of carboxylic acids is 1. The van der Waals surface area contributed by atoms with Gasteiger partial charge >= 0.3 is 5.97 Å². The van der Waals surface area contributed by atoms with E-state index in [4.69, 9.17) is 5.11 Å². The first-order valence-corrected chi connectivity index (χ1v) is 6.08. The maximum Gasteiger partial charge on any atom is 0.356 e. The number of rotatable bonds is 5. The van der Waals surface area contributed by atoms with Crippen molar-refractivity contribution in [3.05, 3.63) is 53.2 Å². The Balaban J connectivity index is 2.04. The molecule has 19 heavy (non-hydrogen) atoms. The fraction of sp³-hybridized carbons (Fsp3) is 0.214. The number of aromatic nitrogens is 2. The Bertz CT molecular complexity index is 567. The lowest BCUT2D eigenvalue weighted by atomic mass is 10.1. The normalized spacial score (nSPS) is 10.2. The molecule has 5 nitrogen and oxygen atoms in total. The standard InChI is InChI=1S/C14H15N3O2/c1-2-10-5-3-4-6-11(10)9-15-13-8-7-12(14(18)19)16-17-13/h3-8H,2,9H2,1H3,(H,15,17)(H,18,19). The molecule has 0 fully saturated rings. The van der Waals surface area contributed by atoms with Crippen molar-refractivity contribution in [1.29, 1.82) is 0 Å². The van der Waals surface area contributed by atoms with Gasteiger partial charge in [-0.2, -0.15) is 0 Å². The molecule has 0 radical (unpaired) electrons. The first-order valence-electron chi connectivity index (χ1n) is 6.08. The summed E-state index contributed by atoms with van der Waals surface area (Å²) in [6, 6.07) is 11.2. The van der Waals surface area contributed by atoms with E-state index < -0.39 is 5.97 Å². The van der Waals surface area contributed by atoms with E-state index in [0.717, 1.165) is 6.42 Å². The molecule has 0 aliphatic carbocycles. The van der Waals surface area contributed by atoms with Gasteiger partial charge in [-0.25, -0.2) is 4.79 Å². The average Bonchev–Trinajstić information content (AvgIpc) is 2.45. The highest BCUT2D eigenvalue weighted by atomic mass is 16.4. The smallest absolute Gasteiger partial charge is 0.356 e. The van der Waals surface area contributed by atoms with E-state index in [1.165, 1.54) is 17.2 Å². The molecule has 0 aliphatic rings. The number of hydrogen-bond donors (Lipinski definition) is 2. The van der Waals surface area contributed by atoms with Crippen LogP contribution in [0.25, 0.3) is 0 Å². The van der Waals surface area contributed by atoms with E-state index in [2.05, 4.69) is 34.6 Å². The predicted octanol–water partition coefficient (Wildman–Crippen LogP) is 2.35. The van der Waals surface area contributed by atoms with Gasteiger partial charge in [0.1, 0.15) is 5.82 Å². The van der Waals surface area contributed by atoms with Gasteiger partial charge in [-0.05, 0) is 29.7 Å². The minimum Gasteiger partial charge on any atom is -0.476 e. The summed E-state index contributed by atoms with van der Waals surface area (Å²) in [6.07, 6.45) is 0.974. The van der Waals surface area contributed by atoms with Crippen LogP contribution < -0.4 is 5.32 Å². The summed E-state index contributed by atoms with van der Waals surface area (Å²) >= 11 is 0. The van der Waals surface area contributed by atoms with Crippen molar-refractivity contribution in [2.45, 2.75) is 19.9 Å². The number of carbonyl (C=O) groups is 1. The summed E-state index contributed by atoms with van der Waals surface area (Å²) in [5.41, 5.74) is 2.43. The Kier molecular flexibility index (Phi) is 4.07. The average molecular weight is 257 g/mol. The Morgan fingerprint density at radius 1 is 1.16 bits per heavy atom. The number of hydrogen-bond acceptors (Lipinski definition) is 4. The number of nitrogens with zero attached hydrogens (tertiary/aromatic N) is 2. The van der Waals surface area contributed by atoms with Crippen molar-refractivity contribution in [2.75, 3.05) is 5.32 Å². The van der Waals surface area contributed by atoms with Crippen LogP contribution in [0, 0.1) is 0 Å². The molecule has 5 heteroatoms. The van der Waals surface area contributed by atoms with E-state index in [1.807, 2.05) is 12.1 Å². The first kappa shape index (κ1) is 13.0. The van der Waals surface area contributed by atoms with Crippen LogP contribution in [0.2, 0.25) is 0 Å². The molecule has 1 aromatic heterocycles. The monoisotopic (exact) mass is 257 g/mol. The zero-order chi connectivity index (χ0) is 13.7. The Hall–Kier alpha value is -2.43. The second kappa shape index (κ2) is 5.95. The third-order valence-corrected chi connectivity index (χ3v) is 2.84. The van der Waals surface area contributed by atoms with Gasteiger partial charge in [0.15, 0.2) is 5.69 Å². The van der Waals surface area contributed by atoms with Crippen LogP contribution in [0.3, 0.4) is 0 Å². The molecule has 0 amide bonds. The molecule has 0 saturated carbocycles. The molecule has 1 heterocycles. The second-order valence-corrected chi connectivity index (χ2v) is 4.08. The molecule has 2 N–H and O–H groups in total. The molecule has 0 unspecified atom stereocenters. The summed E-state index contributed by atoms with van der Waals surface area (Å²) in [6.45, 7) is 2.76. The molecular weight excluding hydrogens is 242 g/mol. The van der Waals surface area contributed by atoms with Crippen LogP contribution in [0.4, 0.5) is 5.82 Å². The Morgan fingerprint density at radius 3 is 2.47 bits per heavy atom. The van der Waals surface area contributed by atoms with Gasteiger partial charge in [0.05, 0.1) is 0 Å². The van der Waals surface area contributed by atoms with Crippen molar-refractivity contribution in [1.82, 2.24) is 10.2 Å². The van der Waals surface area contributed by atoms with Crippen molar-refractivity contribution in [2.24, 2.45) is 0 Å². The highest BCUT2D eigenvalue weighted by Crippen LogP contribution is 2.11. The fourth-order valence-corrected chi connectivity index (χ4v) is 1.80. The van der Waals surface area contributed by atoms with Gasteiger partial charge in [-0.15, -0.1) is 10.2 Å². The van der Waals surface area contributed by atoms with Crippen molar-refractivity contribution in [3.63, 3.8) is 0 Å². The van der Waals surface area contributed by atoms with Gasteiger partial charge in [-0.3, -0.25) is 0 Å². The van der Waals surface area contributed by atoms with Crippen LogP contribution in [-0.4, -0.2) is 21.3 Å². The lowest BCUT2D eigenvalue weighted by Crippen LogP contribution is -2.07. The number of aryl methyl sites for hydroxylation is 1. The number of carboxylic acid groups (broad SMARTS) is 1. The maximum atomic E-state index is 10.7. The minimum atomic E-state index is -1.07. The molecule has 2 rings (SSSR count). The zero-order valence-corrected chi connectivity index (χ0v) is 10.6. The highest BCUT2D eigenvalue weighted by Gasteiger charge is 2.05. The lowest BCUT2D eigenvalue weighted by Gasteiger charge is -2.09. The number of anilines is 1. The quantitative estimate of drug-likeness (QED) is 0.860. The Labute approximate surface area is 111 Å². The Morgan fingerprint density at radius 2 is 1.89 bits per heavy atom. The third kappa shape index (κ3) is 3.28. The predicted molar refractivity (Wildman–Crippen MR) is 72.1 cm³/mol. The third-order valence-electron chi connectivity index (χ3n) is 2.84. The fourth-order valence-electron chi connectivity index (χ4n) is 1.80.